The first kappa shape index (κ1) is 18.7. The van der Waals surface area contributed by atoms with E-state index in [1.807, 2.05) is 0 Å². The highest BCUT2D eigenvalue weighted by atomic mass is 35.5. The van der Waals surface area contributed by atoms with E-state index in [1.165, 1.54) is 18.4 Å². The van der Waals surface area contributed by atoms with Gasteiger partial charge in [-0.1, -0.05) is 11.6 Å². The predicted octanol–water partition coefficient (Wildman–Crippen LogP) is 4.04. The Morgan fingerprint density at radius 2 is 1.81 bits per heavy atom. The van der Waals surface area contributed by atoms with Gasteiger partial charge >= 0.3 is 5.97 Å². The van der Waals surface area contributed by atoms with Crippen molar-refractivity contribution in [3.05, 3.63) is 70.5 Å². The van der Waals surface area contributed by atoms with E-state index < -0.39 is 24.4 Å². The fourth-order valence-corrected chi connectivity index (χ4v) is 2.95. The molecule has 3 rings (SSSR count). The van der Waals surface area contributed by atoms with E-state index >= 15 is 0 Å². The van der Waals surface area contributed by atoms with Gasteiger partial charge in [-0.2, -0.15) is 0 Å². The summed E-state index contributed by atoms with van der Waals surface area (Å²) >= 11 is 6.80. The van der Waals surface area contributed by atoms with Gasteiger partial charge < -0.3 is 19.8 Å². The van der Waals surface area contributed by atoms with E-state index in [0.717, 1.165) is 11.3 Å². The van der Waals surface area contributed by atoms with E-state index in [0.29, 0.717) is 15.7 Å². The molecule has 2 amide bonds. The molecule has 0 unspecified atom stereocenters. The van der Waals surface area contributed by atoms with Crippen molar-refractivity contribution in [2.45, 2.75) is 0 Å². The maximum Gasteiger partial charge on any atom is 0.348 e. The summed E-state index contributed by atoms with van der Waals surface area (Å²) in [6.07, 6.45) is 1.39. The fraction of sp³-hybridized carbons (Fsp3) is 0.0556. The second-order valence-electron chi connectivity index (χ2n) is 5.23. The molecule has 2 N–H and O–H groups in total. The first-order valence-corrected chi connectivity index (χ1v) is 8.88. The van der Waals surface area contributed by atoms with Crippen LogP contribution in [-0.4, -0.2) is 24.4 Å². The van der Waals surface area contributed by atoms with Crippen LogP contribution in [0.1, 0.15) is 20.2 Å². The summed E-state index contributed by atoms with van der Waals surface area (Å²) in [5, 5.41) is 6.19. The van der Waals surface area contributed by atoms with Crippen LogP contribution >= 0.6 is 22.9 Å². The van der Waals surface area contributed by atoms with Crippen molar-refractivity contribution in [1.29, 1.82) is 0 Å². The lowest BCUT2D eigenvalue weighted by molar-refractivity contribution is -0.119. The van der Waals surface area contributed by atoms with Crippen LogP contribution in [0.5, 0.6) is 0 Å². The molecule has 7 nitrogen and oxygen atoms in total. The van der Waals surface area contributed by atoms with Crippen molar-refractivity contribution in [1.82, 2.24) is 0 Å². The van der Waals surface area contributed by atoms with Crippen LogP contribution in [0.25, 0.3) is 0 Å². The Hall–Kier alpha value is -3.10. The number of hydrogen-bond acceptors (Lipinski definition) is 6. The lowest BCUT2D eigenvalue weighted by Gasteiger charge is -2.06. The monoisotopic (exact) mass is 404 g/mol. The van der Waals surface area contributed by atoms with Crippen molar-refractivity contribution in [3.63, 3.8) is 0 Å². The Labute approximate surface area is 162 Å². The van der Waals surface area contributed by atoms with Gasteiger partial charge in [-0.25, -0.2) is 4.79 Å². The summed E-state index contributed by atoms with van der Waals surface area (Å²) in [6.45, 7) is -0.437. The summed E-state index contributed by atoms with van der Waals surface area (Å²) in [7, 11) is 0. The molecule has 3 aromatic rings. The maximum absolute atomic E-state index is 12.0. The lowest BCUT2D eigenvalue weighted by atomic mass is 10.3. The van der Waals surface area contributed by atoms with Crippen LogP contribution < -0.4 is 10.6 Å². The summed E-state index contributed by atoms with van der Waals surface area (Å²) in [4.78, 5) is 36.0. The van der Waals surface area contributed by atoms with Gasteiger partial charge in [0, 0.05) is 10.7 Å². The van der Waals surface area contributed by atoms with Gasteiger partial charge in [0.2, 0.25) is 0 Å². The van der Waals surface area contributed by atoms with Gasteiger partial charge in [0.25, 0.3) is 11.8 Å². The molecular weight excluding hydrogens is 392 g/mol. The number of anilines is 2. The largest absolute Gasteiger partial charge is 0.459 e. The summed E-state index contributed by atoms with van der Waals surface area (Å²) < 4.78 is 9.97. The zero-order chi connectivity index (χ0) is 19.2. The van der Waals surface area contributed by atoms with Crippen molar-refractivity contribution in [2.75, 3.05) is 17.2 Å². The number of rotatable bonds is 6. The molecule has 0 spiro atoms. The number of hydrogen-bond donors (Lipinski definition) is 2. The highest BCUT2D eigenvalue weighted by Crippen LogP contribution is 2.23. The summed E-state index contributed by atoms with van der Waals surface area (Å²) in [5.74, 6) is -1.41. The van der Waals surface area contributed by atoms with Gasteiger partial charge in [-0.3, -0.25) is 9.59 Å². The summed E-state index contributed by atoms with van der Waals surface area (Å²) in [6, 6.07) is 12.7. The number of halogens is 1. The van der Waals surface area contributed by atoms with Crippen LogP contribution in [0.4, 0.5) is 10.7 Å². The quantitative estimate of drug-likeness (QED) is 0.604. The predicted molar refractivity (Wildman–Crippen MR) is 101 cm³/mol. The third-order valence-electron chi connectivity index (χ3n) is 3.25. The Morgan fingerprint density at radius 1 is 1.04 bits per heavy atom. The molecule has 0 fully saturated rings. The summed E-state index contributed by atoms with van der Waals surface area (Å²) in [5.41, 5.74) is 0.541. The number of amides is 2. The van der Waals surface area contributed by atoms with Gasteiger partial charge in [-0.05, 0) is 48.5 Å². The van der Waals surface area contributed by atoms with Crippen molar-refractivity contribution in [3.8, 4) is 0 Å². The Bertz CT molecular complexity index is 951. The topological polar surface area (TPSA) is 97.6 Å². The molecule has 0 bridgehead atoms. The minimum Gasteiger partial charge on any atom is -0.459 e. The minimum absolute atomic E-state index is 0.159. The molecule has 0 aliphatic heterocycles. The van der Waals surface area contributed by atoms with Crippen molar-refractivity contribution in [2.24, 2.45) is 0 Å². The molecule has 0 aliphatic rings. The first-order chi connectivity index (χ1) is 13.0. The SMILES string of the molecule is O=C(COC(=O)c1ccc(NC(=O)c2ccco2)s1)Nc1ccc(Cl)cc1. The average Bonchev–Trinajstić information content (AvgIpc) is 3.33. The molecule has 2 aromatic heterocycles. The Kier molecular flexibility index (Phi) is 5.90. The van der Waals surface area contributed by atoms with Crippen LogP contribution in [0.2, 0.25) is 5.02 Å². The molecule has 0 radical (unpaired) electrons. The average molecular weight is 405 g/mol. The number of esters is 1. The third-order valence-corrected chi connectivity index (χ3v) is 4.48. The molecular formula is C18H13ClN2O5S. The molecule has 0 atom stereocenters. The van der Waals surface area contributed by atoms with E-state index in [9.17, 15) is 14.4 Å². The third kappa shape index (κ3) is 5.19. The van der Waals surface area contributed by atoms with E-state index in [4.69, 9.17) is 20.8 Å². The Balaban J connectivity index is 1.49. The second kappa shape index (κ2) is 8.52. The zero-order valence-electron chi connectivity index (χ0n) is 13.7. The molecule has 0 aliphatic carbocycles. The van der Waals surface area contributed by atoms with Crippen molar-refractivity contribution < 1.29 is 23.5 Å². The fourth-order valence-electron chi connectivity index (χ4n) is 2.03. The van der Waals surface area contributed by atoms with E-state index in [2.05, 4.69) is 10.6 Å². The van der Waals surface area contributed by atoms with E-state index in [1.54, 1.807) is 36.4 Å². The lowest BCUT2D eigenvalue weighted by Crippen LogP contribution is -2.20. The van der Waals surface area contributed by atoms with Gasteiger partial charge in [-0.15, -0.1) is 11.3 Å². The second-order valence-corrected chi connectivity index (χ2v) is 6.75. The molecule has 1 aromatic carbocycles. The standard InChI is InChI=1S/C18H13ClN2O5S/c19-11-3-5-12(6-4-11)20-15(22)10-26-18(24)14-7-8-16(27-14)21-17(23)13-2-1-9-25-13/h1-9H,10H2,(H,20,22)(H,21,23). The number of nitrogens with one attached hydrogen (secondary N) is 2. The smallest absolute Gasteiger partial charge is 0.348 e. The molecule has 27 heavy (non-hydrogen) atoms. The number of thiophene rings is 1. The molecule has 0 saturated heterocycles. The number of carbonyl (C=O) groups is 3. The number of benzene rings is 1. The van der Waals surface area contributed by atoms with Gasteiger partial charge in [0.15, 0.2) is 12.4 Å². The van der Waals surface area contributed by atoms with Crippen LogP contribution in [-0.2, 0) is 9.53 Å². The molecule has 2 heterocycles. The number of carbonyl (C=O) groups excluding carboxylic acids is 3. The Morgan fingerprint density at radius 3 is 2.52 bits per heavy atom. The van der Waals surface area contributed by atoms with Gasteiger partial charge in [0.05, 0.1) is 11.3 Å². The first-order valence-electron chi connectivity index (χ1n) is 7.68. The highest BCUT2D eigenvalue weighted by molar-refractivity contribution is 7.18. The number of furan rings is 1. The van der Waals surface area contributed by atoms with Crippen LogP contribution in [0.3, 0.4) is 0 Å². The van der Waals surface area contributed by atoms with Crippen LogP contribution in [0.15, 0.2) is 59.2 Å². The van der Waals surface area contributed by atoms with Crippen molar-refractivity contribution >= 4 is 51.4 Å². The normalized spacial score (nSPS) is 10.3. The number of ether oxygens (including phenoxy) is 1. The highest BCUT2D eigenvalue weighted by Gasteiger charge is 2.15. The zero-order valence-corrected chi connectivity index (χ0v) is 15.3. The maximum atomic E-state index is 12.0. The molecule has 138 valence electrons. The van der Waals surface area contributed by atoms with Crippen LogP contribution in [0, 0.1) is 0 Å². The molecule has 9 heteroatoms. The van der Waals surface area contributed by atoms with E-state index in [-0.39, 0.29) is 10.6 Å². The minimum atomic E-state index is -0.662. The molecule has 0 saturated carbocycles. The van der Waals surface area contributed by atoms with Gasteiger partial charge in [0.1, 0.15) is 4.88 Å².